The maximum Gasteiger partial charge on any atom is 0.242 e. The van der Waals surface area contributed by atoms with Crippen LogP contribution in [-0.4, -0.2) is 55.6 Å². The molecule has 94 valence electrons. The molecule has 17 heavy (non-hydrogen) atoms. The number of rotatable bonds is 3. The molecule has 5 nitrogen and oxygen atoms in total. The molecule has 1 fully saturated rings. The van der Waals surface area contributed by atoms with E-state index in [-0.39, 0.29) is 11.9 Å². The van der Waals surface area contributed by atoms with E-state index < -0.39 is 0 Å². The van der Waals surface area contributed by atoms with Crippen molar-refractivity contribution in [3.8, 4) is 0 Å². The average Bonchev–Trinajstić information content (AvgIpc) is 2.81. The summed E-state index contributed by atoms with van der Waals surface area (Å²) in [5.74, 6) is 0.0911. The van der Waals surface area contributed by atoms with E-state index in [0.717, 1.165) is 12.1 Å². The molecule has 0 aromatic carbocycles. The van der Waals surface area contributed by atoms with Gasteiger partial charge in [0.15, 0.2) is 0 Å². The van der Waals surface area contributed by atoms with E-state index >= 15 is 0 Å². The Balaban J connectivity index is 1.94. The van der Waals surface area contributed by atoms with Gasteiger partial charge in [-0.25, -0.2) is 0 Å². The first-order chi connectivity index (χ1) is 8.18. The number of hydrogen-bond donors (Lipinski definition) is 0. The number of ether oxygens (including phenoxy) is 1. The Labute approximate surface area is 101 Å². The zero-order valence-corrected chi connectivity index (χ0v) is 10.3. The Morgan fingerprint density at radius 3 is 3.12 bits per heavy atom. The van der Waals surface area contributed by atoms with Crippen LogP contribution in [0.5, 0.6) is 0 Å². The summed E-state index contributed by atoms with van der Waals surface area (Å²) in [7, 11) is 3.76. The van der Waals surface area contributed by atoms with Crippen LogP contribution in [0.25, 0.3) is 0 Å². The van der Waals surface area contributed by atoms with E-state index in [9.17, 15) is 4.79 Å². The van der Waals surface area contributed by atoms with E-state index in [1.807, 2.05) is 18.0 Å². The fourth-order valence-corrected chi connectivity index (χ4v) is 1.94. The van der Waals surface area contributed by atoms with Gasteiger partial charge in [0.05, 0.1) is 25.7 Å². The molecule has 1 amide bonds. The van der Waals surface area contributed by atoms with Crippen LogP contribution in [0.4, 0.5) is 0 Å². The average molecular weight is 238 g/mol. The monoisotopic (exact) mass is 238 g/mol. The SMILES string of the molecule is CN(Cc1ccoc1)C(=O)[C@H]1COCCN1C. The second-order valence-electron chi connectivity index (χ2n) is 4.40. The second-order valence-corrected chi connectivity index (χ2v) is 4.40. The fourth-order valence-electron chi connectivity index (χ4n) is 1.94. The Morgan fingerprint density at radius 2 is 2.47 bits per heavy atom. The van der Waals surface area contributed by atoms with Gasteiger partial charge in [0.25, 0.3) is 0 Å². The van der Waals surface area contributed by atoms with Crippen molar-refractivity contribution in [3.05, 3.63) is 24.2 Å². The molecule has 1 aliphatic heterocycles. The van der Waals surface area contributed by atoms with Gasteiger partial charge in [0.2, 0.25) is 5.91 Å². The highest BCUT2D eigenvalue weighted by Gasteiger charge is 2.28. The Kier molecular flexibility index (Phi) is 3.81. The zero-order valence-electron chi connectivity index (χ0n) is 10.3. The number of carbonyl (C=O) groups is 1. The Morgan fingerprint density at radius 1 is 1.65 bits per heavy atom. The van der Waals surface area contributed by atoms with Crippen molar-refractivity contribution in [3.63, 3.8) is 0 Å². The Bertz CT molecular complexity index is 364. The third-order valence-corrected chi connectivity index (χ3v) is 3.06. The van der Waals surface area contributed by atoms with Crippen LogP contribution in [0.3, 0.4) is 0 Å². The van der Waals surface area contributed by atoms with Crippen molar-refractivity contribution in [1.82, 2.24) is 9.80 Å². The first kappa shape index (κ1) is 12.1. The highest BCUT2D eigenvalue weighted by molar-refractivity contribution is 5.81. The number of likely N-dealkylation sites (N-methyl/N-ethyl adjacent to an activating group) is 2. The van der Waals surface area contributed by atoms with Gasteiger partial charge in [0, 0.05) is 25.7 Å². The van der Waals surface area contributed by atoms with Gasteiger partial charge >= 0.3 is 0 Å². The third-order valence-electron chi connectivity index (χ3n) is 3.06. The van der Waals surface area contributed by atoms with E-state index in [0.29, 0.717) is 19.8 Å². The minimum atomic E-state index is -0.166. The molecule has 0 aliphatic carbocycles. The number of furan rings is 1. The smallest absolute Gasteiger partial charge is 0.242 e. The minimum Gasteiger partial charge on any atom is -0.472 e. The van der Waals surface area contributed by atoms with Gasteiger partial charge in [0.1, 0.15) is 6.04 Å². The molecule has 0 unspecified atom stereocenters. The van der Waals surface area contributed by atoms with Crippen LogP contribution in [0.15, 0.2) is 23.0 Å². The summed E-state index contributed by atoms with van der Waals surface area (Å²) >= 11 is 0. The number of amides is 1. The summed E-state index contributed by atoms with van der Waals surface area (Å²) < 4.78 is 10.3. The van der Waals surface area contributed by atoms with E-state index in [1.54, 1.807) is 24.5 Å². The highest BCUT2D eigenvalue weighted by atomic mass is 16.5. The van der Waals surface area contributed by atoms with Crippen molar-refractivity contribution in [2.24, 2.45) is 0 Å². The number of carbonyl (C=O) groups excluding carboxylic acids is 1. The second kappa shape index (κ2) is 5.33. The van der Waals surface area contributed by atoms with E-state index in [4.69, 9.17) is 9.15 Å². The van der Waals surface area contributed by atoms with E-state index in [2.05, 4.69) is 0 Å². The lowest BCUT2D eigenvalue weighted by Gasteiger charge is -2.33. The Hall–Kier alpha value is -1.33. The van der Waals surface area contributed by atoms with Gasteiger partial charge in [-0.2, -0.15) is 0 Å². The van der Waals surface area contributed by atoms with Crippen molar-refractivity contribution in [2.75, 3.05) is 33.9 Å². The van der Waals surface area contributed by atoms with Crippen LogP contribution >= 0.6 is 0 Å². The summed E-state index contributed by atoms with van der Waals surface area (Å²) in [6.45, 7) is 2.55. The largest absolute Gasteiger partial charge is 0.472 e. The predicted octanol–water partition coefficient (Wildman–Crippen LogP) is 0.569. The van der Waals surface area contributed by atoms with Gasteiger partial charge < -0.3 is 14.1 Å². The van der Waals surface area contributed by atoms with Crippen LogP contribution in [0.2, 0.25) is 0 Å². The van der Waals surface area contributed by atoms with Crippen molar-refractivity contribution in [2.45, 2.75) is 12.6 Å². The van der Waals surface area contributed by atoms with Crippen LogP contribution in [-0.2, 0) is 16.1 Å². The summed E-state index contributed by atoms with van der Waals surface area (Å²) in [6, 6.07) is 1.70. The quantitative estimate of drug-likeness (QED) is 0.772. The number of nitrogens with zero attached hydrogens (tertiary/aromatic N) is 2. The lowest BCUT2D eigenvalue weighted by molar-refractivity contribution is -0.141. The van der Waals surface area contributed by atoms with Crippen LogP contribution < -0.4 is 0 Å². The normalized spacial score (nSPS) is 21.4. The molecule has 0 N–H and O–H groups in total. The molecule has 2 heterocycles. The molecule has 0 radical (unpaired) electrons. The lowest BCUT2D eigenvalue weighted by atomic mass is 10.2. The fraction of sp³-hybridized carbons (Fsp3) is 0.583. The van der Waals surface area contributed by atoms with Gasteiger partial charge in [-0.3, -0.25) is 9.69 Å². The molecule has 0 spiro atoms. The van der Waals surface area contributed by atoms with Crippen LogP contribution in [0, 0.1) is 0 Å². The summed E-state index contributed by atoms with van der Waals surface area (Å²) in [4.78, 5) is 16.0. The molecule has 5 heteroatoms. The molecule has 0 bridgehead atoms. The number of morpholine rings is 1. The standard InChI is InChI=1S/C12H18N2O3/c1-13-4-6-17-9-11(13)12(15)14(2)7-10-3-5-16-8-10/h3,5,8,11H,4,6-7,9H2,1-2H3/t11-/m1/s1. The van der Waals surface area contributed by atoms with Gasteiger partial charge in [-0.05, 0) is 13.1 Å². The highest BCUT2D eigenvalue weighted by Crippen LogP contribution is 2.10. The molecule has 2 rings (SSSR count). The predicted molar refractivity (Wildman–Crippen MR) is 62.4 cm³/mol. The first-order valence-corrected chi connectivity index (χ1v) is 5.72. The van der Waals surface area contributed by atoms with Gasteiger partial charge in [-0.15, -0.1) is 0 Å². The topological polar surface area (TPSA) is 45.9 Å². The molecule has 1 aromatic rings. The molecule has 1 aliphatic rings. The van der Waals surface area contributed by atoms with E-state index in [1.165, 1.54) is 0 Å². The maximum atomic E-state index is 12.2. The molecule has 0 saturated carbocycles. The lowest BCUT2D eigenvalue weighted by Crippen LogP contribution is -2.52. The summed E-state index contributed by atoms with van der Waals surface area (Å²) in [5.41, 5.74) is 1.00. The summed E-state index contributed by atoms with van der Waals surface area (Å²) in [5, 5.41) is 0. The third kappa shape index (κ3) is 2.87. The van der Waals surface area contributed by atoms with Crippen molar-refractivity contribution in [1.29, 1.82) is 0 Å². The minimum absolute atomic E-state index is 0.0911. The van der Waals surface area contributed by atoms with Crippen molar-refractivity contribution < 1.29 is 13.9 Å². The zero-order chi connectivity index (χ0) is 12.3. The molecule has 1 saturated heterocycles. The number of hydrogen-bond acceptors (Lipinski definition) is 4. The van der Waals surface area contributed by atoms with Crippen LogP contribution in [0.1, 0.15) is 5.56 Å². The molecule has 1 aromatic heterocycles. The molecular formula is C12H18N2O3. The molecular weight excluding hydrogens is 220 g/mol. The van der Waals surface area contributed by atoms with Crippen molar-refractivity contribution >= 4 is 5.91 Å². The first-order valence-electron chi connectivity index (χ1n) is 5.72. The maximum absolute atomic E-state index is 12.2. The van der Waals surface area contributed by atoms with Gasteiger partial charge in [-0.1, -0.05) is 0 Å². The summed E-state index contributed by atoms with van der Waals surface area (Å²) in [6.07, 6.45) is 3.27. The molecule has 1 atom stereocenters.